The highest BCUT2D eigenvalue weighted by atomic mass is 19.1. The van der Waals surface area contributed by atoms with Gasteiger partial charge in [0.25, 0.3) is 0 Å². The Hall–Kier alpha value is -1.93. The van der Waals surface area contributed by atoms with Crippen LogP contribution in [0.2, 0.25) is 0 Å². The van der Waals surface area contributed by atoms with Gasteiger partial charge in [-0.15, -0.1) is 0 Å². The molecule has 1 amide bonds. The number of nitrogens with zero attached hydrogens (tertiary/aromatic N) is 1. The van der Waals surface area contributed by atoms with Crippen molar-refractivity contribution in [2.45, 2.75) is 32.6 Å². The Labute approximate surface area is 117 Å². The molecule has 0 spiro atoms. The lowest BCUT2D eigenvalue weighted by Crippen LogP contribution is -2.40. The highest BCUT2D eigenvalue weighted by molar-refractivity contribution is 5.96. The van der Waals surface area contributed by atoms with E-state index in [0.29, 0.717) is 11.3 Å². The molecule has 0 unspecified atom stereocenters. The van der Waals surface area contributed by atoms with E-state index in [-0.39, 0.29) is 18.0 Å². The molecule has 0 atom stereocenters. The van der Waals surface area contributed by atoms with Crippen molar-refractivity contribution in [1.29, 1.82) is 5.26 Å². The van der Waals surface area contributed by atoms with Crippen molar-refractivity contribution < 1.29 is 9.18 Å². The van der Waals surface area contributed by atoms with Crippen molar-refractivity contribution >= 4 is 11.6 Å². The predicted octanol–water partition coefficient (Wildman–Crippen LogP) is 2.46. The SMILES string of the molecule is Cc1c(F)cc(C#N)cc1NC(=O)C1(CN)CCCC1. The summed E-state index contributed by atoms with van der Waals surface area (Å²) in [4.78, 5) is 12.4. The molecule has 106 valence electrons. The molecule has 3 N–H and O–H groups in total. The average molecular weight is 275 g/mol. The first-order valence-corrected chi connectivity index (χ1v) is 6.74. The molecular weight excluding hydrogens is 257 g/mol. The lowest BCUT2D eigenvalue weighted by molar-refractivity contribution is -0.124. The number of nitrogens with one attached hydrogen (secondary N) is 1. The molecule has 0 aromatic heterocycles. The third kappa shape index (κ3) is 2.52. The summed E-state index contributed by atoms with van der Waals surface area (Å²) in [5.41, 5.74) is 6.09. The van der Waals surface area contributed by atoms with Crippen LogP contribution in [0.25, 0.3) is 0 Å². The van der Waals surface area contributed by atoms with E-state index in [4.69, 9.17) is 11.0 Å². The molecule has 0 heterocycles. The highest BCUT2D eigenvalue weighted by Gasteiger charge is 2.40. The van der Waals surface area contributed by atoms with Crippen LogP contribution in [0.15, 0.2) is 12.1 Å². The second-order valence-corrected chi connectivity index (χ2v) is 5.39. The number of nitriles is 1. The van der Waals surface area contributed by atoms with Crippen molar-refractivity contribution in [2.24, 2.45) is 11.1 Å². The minimum Gasteiger partial charge on any atom is -0.329 e. The topological polar surface area (TPSA) is 78.9 Å². The third-order valence-electron chi connectivity index (χ3n) is 4.15. The van der Waals surface area contributed by atoms with Crippen LogP contribution in [0.1, 0.15) is 36.8 Å². The van der Waals surface area contributed by atoms with Crippen molar-refractivity contribution in [3.63, 3.8) is 0 Å². The molecule has 0 bridgehead atoms. The number of carbonyl (C=O) groups is 1. The van der Waals surface area contributed by atoms with Crippen LogP contribution in [0, 0.1) is 29.5 Å². The van der Waals surface area contributed by atoms with E-state index in [1.807, 2.05) is 6.07 Å². The Balaban J connectivity index is 2.28. The maximum Gasteiger partial charge on any atom is 0.231 e. The van der Waals surface area contributed by atoms with Gasteiger partial charge in [0.15, 0.2) is 0 Å². The summed E-state index contributed by atoms with van der Waals surface area (Å²) in [7, 11) is 0. The molecule has 1 fully saturated rings. The van der Waals surface area contributed by atoms with Crippen LogP contribution < -0.4 is 11.1 Å². The lowest BCUT2D eigenvalue weighted by Gasteiger charge is -2.26. The van der Waals surface area contributed by atoms with Crippen LogP contribution in [0.4, 0.5) is 10.1 Å². The molecule has 0 radical (unpaired) electrons. The molecule has 0 aliphatic heterocycles. The van der Waals surface area contributed by atoms with Gasteiger partial charge in [0, 0.05) is 17.8 Å². The summed E-state index contributed by atoms with van der Waals surface area (Å²) < 4.78 is 13.7. The molecule has 1 aliphatic rings. The number of hydrogen-bond acceptors (Lipinski definition) is 3. The number of halogens is 1. The summed E-state index contributed by atoms with van der Waals surface area (Å²) in [6.07, 6.45) is 3.48. The van der Waals surface area contributed by atoms with Gasteiger partial charge < -0.3 is 11.1 Å². The fourth-order valence-electron chi connectivity index (χ4n) is 2.70. The maximum absolute atomic E-state index is 13.7. The number of anilines is 1. The monoisotopic (exact) mass is 275 g/mol. The van der Waals surface area contributed by atoms with Gasteiger partial charge in [-0.1, -0.05) is 12.8 Å². The van der Waals surface area contributed by atoms with Gasteiger partial charge >= 0.3 is 0 Å². The first-order chi connectivity index (χ1) is 9.52. The normalized spacial score (nSPS) is 16.7. The molecule has 20 heavy (non-hydrogen) atoms. The fourth-order valence-corrected chi connectivity index (χ4v) is 2.70. The summed E-state index contributed by atoms with van der Waals surface area (Å²) in [5.74, 6) is -0.664. The summed E-state index contributed by atoms with van der Waals surface area (Å²) in [6.45, 7) is 1.87. The van der Waals surface area contributed by atoms with Crippen LogP contribution >= 0.6 is 0 Å². The van der Waals surface area contributed by atoms with Crippen molar-refractivity contribution in [3.05, 3.63) is 29.1 Å². The summed E-state index contributed by atoms with van der Waals surface area (Å²) in [6, 6.07) is 4.55. The Kier molecular flexibility index (Phi) is 4.05. The molecule has 1 aliphatic carbocycles. The molecule has 0 saturated heterocycles. The van der Waals surface area contributed by atoms with Gasteiger partial charge in [0.05, 0.1) is 17.0 Å². The number of amides is 1. The maximum atomic E-state index is 13.7. The quantitative estimate of drug-likeness (QED) is 0.889. The van der Waals surface area contributed by atoms with Crippen LogP contribution in [0.3, 0.4) is 0 Å². The number of nitrogens with two attached hydrogens (primary N) is 1. The van der Waals surface area contributed by atoms with Gasteiger partial charge in [0.2, 0.25) is 5.91 Å². The van der Waals surface area contributed by atoms with Crippen LogP contribution in [-0.4, -0.2) is 12.5 Å². The zero-order valence-electron chi connectivity index (χ0n) is 11.5. The fraction of sp³-hybridized carbons (Fsp3) is 0.467. The minimum atomic E-state index is -0.550. The molecule has 1 aromatic carbocycles. The molecule has 1 aromatic rings. The molecule has 5 heteroatoms. The largest absolute Gasteiger partial charge is 0.329 e. The minimum absolute atomic E-state index is 0.171. The van der Waals surface area contributed by atoms with Crippen molar-refractivity contribution in [1.82, 2.24) is 0 Å². The van der Waals surface area contributed by atoms with Crippen molar-refractivity contribution in [3.8, 4) is 6.07 Å². The Morgan fingerprint density at radius 3 is 2.70 bits per heavy atom. The summed E-state index contributed by atoms with van der Waals surface area (Å²) in [5, 5.41) is 11.6. The standard InChI is InChI=1S/C15H18FN3O/c1-10-12(16)6-11(8-17)7-13(10)19-14(20)15(9-18)4-2-3-5-15/h6-7H,2-5,9,18H2,1H3,(H,19,20). The second-order valence-electron chi connectivity index (χ2n) is 5.39. The summed E-state index contributed by atoms with van der Waals surface area (Å²) >= 11 is 0. The van der Waals surface area contributed by atoms with E-state index < -0.39 is 11.2 Å². The second kappa shape index (κ2) is 5.59. The van der Waals surface area contributed by atoms with Crippen LogP contribution in [0.5, 0.6) is 0 Å². The Morgan fingerprint density at radius 2 is 2.15 bits per heavy atom. The van der Waals surface area contributed by atoms with E-state index in [1.54, 1.807) is 6.92 Å². The number of carbonyl (C=O) groups excluding carboxylic acids is 1. The molecule has 4 nitrogen and oxygen atoms in total. The van der Waals surface area contributed by atoms with E-state index in [2.05, 4.69) is 5.32 Å². The van der Waals surface area contributed by atoms with E-state index >= 15 is 0 Å². The Bertz CT molecular complexity index is 571. The first-order valence-electron chi connectivity index (χ1n) is 6.74. The smallest absolute Gasteiger partial charge is 0.231 e. The number of benzene rings is 1. The molecule has 2 rings (SSSR count). The molecular formula is C15H18FN3O. The molecule has 1 saturated carbocycles. The predicted molar refractivity (Wildman–Crippen MR) is 74.4 cm³/mol. The highest BCUT2D eigenvalue weighted by Crippen LogP contribution is 2.38. The third-order valence-corrected chi connectivity index (χ3v) is 4.15. The van der Waals surface area contributed by atoms with E-state index in [9.17, 15) is 9.18 Å². The number of hydrogen-bond donors (Lipinski definition) is 2. The van der Waals surface area contributed by atoms with Crippen molar-refractivity contribution in [2.75, 3.05) is 11.9 Å². The van der Waals surface area contributed by atoms with Gasteiger partial charge in [-0.25, -0.2) is 4.39 Å². The van der Waals surface area contributed by atoms with Gasteiger partial charge in [-0.3, -0.25) is 4.79 Å². The number of rotatable bonds is 3. The zero-order chi connectivity index (χ0) is 14.8. The van der Waals surface area contributed by atoms with Gasteiger partial charge in [0.1, 0.15) is 5.82 Å². The Morgan fingerprint density at radius 1 is 1.50 bits per heavy atom. The van der Waals surface area contributed by atoms with Gasteiger partial charge in [-0.2, -0.15) is 5.26 Å². The first kappa shape index (κ1) is 14.5. The zero-order valence-corrected chi connectivity index (χ0v) is 11.5. The van der Waals surface area contributed by atoms with Crippen LogP contribution in [-0.2, 0) is 4.79 Å². The average Bonchev–Trinajstić information content (AvgIpc) is 2.93. The lowest BCUT2D eigenvalue weighted by atomic mass is 9.85. The van der Waals surface area contributed by atoms with E-state index in [1.165, 1.54) is 12.1 Å². The van der Waals surface area contributed by atoms with E-state index in [0.717, 1.165) is 25.7 Å². The van der Waals surface area contributed by atoms with Gasteiger partial charge in [-0.05, 0) is 31.9 Å².